The van der Waals surface area contributed by atoms with Crippen molar-refractivity contribution in [3.8, 4) is 0 Å². The molecule has 10 heteroatoms. The van der Waals surface area contributed by atoms with Crippen LogP contribution >= 0.6 is 0 Å². The van der Waals surface area contributed by atoms with Crippen LogP contribution in [0.25, 0.3) is 11.0 Å². The van der Waals surface area contributed by atoms with Gasteiger partial charge in [0.15, 0.2) is 0 Å². The molecule has 134 valence electrons. The van der Waals surface area contributed by atoms with Gasteiger partial charge < -0.3 is 4.90 Å². The fourth-order valence-electron chi connectivity index (χ4n) is 3.10. The maximum atomic E-state index is 12.7. The highest BCUT2D eigenvalue weighted by molar-refractivity contribution is 5.97. The van der Waals surface area contributed by atoms with Crippen LogP contribution < -0.4 is 0 Å². The van der Waals surface area contributed by atoms with Gasteiger partial charge in [0, 0.05) is 31.0 Å². The number of rotatable bonds is 4. The molecule has 4 aromatic rings. The van der Waals surface area contributed by atoms with Gasteiger partial charge in [0.05, 0.1) is 35.7 Å². The van der Waals surface area contributed by atoms with Crippen molar-refractivity contribution in [2.75, 3.05) is 13.1 Å². The number of carbonyl (C=O) groups excluding carboxylic acids is 1. The molecular formula is C17H15N9O. The standard InChI is InChI=1S/C17H15N9O/c27-17(12-1-2-15-16(7-12)19-4-3-18-15)24-10-14(11-24)25-8-13(22-23-25)9-26-20-5-6-21-26/h1-8,14H,9-11H2. The average Bonchev–Trinajstić information content (AvgIpc) is 3.33. The Kier molecular flexibility index (Phi) is 3.59. The van der Waals surface area contributed by atoms with E-state index in [-0.39, 0.29) is 11.9 Å². The van der Waals surface area contributed by atoms with Gasteiger partial charge in [0.2, 0.25) is 0 Å². The lowest BCUT2D eigenvalue weighted by Crippen LogP contribution is -2.50. The summed E-state index contributed by atoms with van der Waals surface area (Å²) in [6.07, 6.45) is 8.38. The molecule has 1 aromatic carbocycles. The monoisotopic (exact) mass is 361 g/mol. The predicted octanol–water partition coefficient (Wildman–Crippen LogP) is 0.558. The van der Waals surface area contributed by atoms with Crippen molar-refractivity contribution in [1.29, 1.82) is 0 Å². The van der Waals surface area contributed by atoms with E-state index in [2.05, 4.69) is 30.5 Å². The summed E-state index contributed by atoms with van der Waals surface area (Å²) in [5.41, 5.74) is 2.89. The van der Waals surface area contributed by atoms with Gasteiger partial charge in [-0.05, 0) is 18.2 Å². The summed E-state index contributed by atoms with van der Waals surface area (Å²) in [6, 6.07) is 5.51. The zero-order valence-electron chi connectivity index (χ0n) is 14.3. The third kappa shape index (κ3) is 2.90. The van der Waals surface area contributed by atoms with Gasteiger partial charge in [-0.1, -0.05) is 5.21 Å². The van der Waals surface area contributed by atoms with Crippen LogP contribution in [0.15, 0.2) is 49.2 Å². The minimum atomic E-state index is -0.0140. The average molecular weight is 361 g/mol. The molecule has 4 heterocycles. The predicted molar refractivity (Wildman–Crippen MR) is 93.6 cm³/mol. The van der Waals surface area contributed by atoms with E-state index < -0.39 is 0 Å². The lowest BCUT2D eigenvalue weighted by atomic mass is 10.1. The van der Waals surface area contributed by atoms with E-state index in [0.29, 0.717) is 30.7 Å². The van der Waals surface area contributed by atoms with Gasteiger partial charge in [0.25, 0.3) is 5.91 Å². The number of amides is 1. The number of hydrogen-bond donors (Lipinski definition) is 0. The second kappa shape index (κ2) is 6.24. The van der Waals surface area contributed by atoms with Gasteiger partial charge in [-0.15, -0.1) is 5.10 Å². The Bertz CT molecular complexity index is 1100. The Morgan fingerprint density at radius 3 is 2.63 bits per heavy atom. The van der Waals surface area contributed by atoms with Crippen LogP contribution in [0, 0.1) is 0 Å². The molecule has 1 fully saturated rings. The van der Waals surface area contributed by atoms with Gasteiger partial charge >= 0.3 is 0 Å². The Balaban J connectivity index is 1.24. The molecule has 0 N–H and O–H groups in total. The number of carbonyl (C=O) groups is 1. The molecule has 0 unspecified atom stereocenters. The zero-order chi connectivity index (χ0) is 18.2. The summed E-state index contributed by atoms with van der Waals surface area (Å²) in [5, 5.41) is 16.4. The van der Waals surface area contributed by atoms with E-state index in [1.165, 1.54) is 0 Å². The van der Waals surface area contributed by atoms with Gasteiger partial charge in [-0.3, -0.25) is 14.8 Å². The SMILES string of the molecule is O=C(c1ccc2nccnc2c1)N1CC(n2cc(Cn3nccn3)nn2)C1. The Labute approximate surface area is 153 Å². The normalized spacial score (nSPS) is 14.4. The van der Waals surface area contributed by atoms with E-state index in [1.54, 1.807) is 51.3 Å². The van der Waals surface area contributed by atoms with Crippen LogP contribution in [0.3, 0.4) is 0 Å². The van der Waals surface area contributed by atoms with Crippen LogP contribution in [-0.2, 0) is 6.54 Å². The lowest BCUT2D eigenvalue weighted by molar-refractivity contribution is 0.0498. The highest BCUT2D eigenvalue weighted by atomic mass is 16.2. The van der Waals surface area contributed by atoms with Crippen LogP contribution in [0.1, 0.15) is 22.1 Å². The smallest absolute Gasteiger partial charge is 0.254 e. The number of aromatic nitrogens is 8. The van der Waals surface area contributed by atoms with Crippen LogP contribution in [0.5, 0.6) is 0 Å². The van der Waals surface area contributed by atoms with Crippen LogP contribution in [0.4, 0.5) is 0 Å². The fourth-order valence-corrected chi connectivity index (χ4v) is 3.10. The third-order valence-electron chi connectivity index (χ3n) is 4.57. The van der Waals surface area contributed by atoms with Crippen molar-refractivity contribution in [1.82, 2.24) is 44.9 Å². The van der Waals surface area contributed by atoms with Crippen molar-refractivity contribution >= 4 is 16.9 Å². The minimum Gasteiger partial charge on any atom is -0.334 e. The zero-order valence-corrected chi connectivity index (χ0v) is 14.3. The highest BCUT2D eigenvalue weighted by Crippen LogP contribution is 2.23. The van der Waals surface area contributed by atoms with Crippen molar-refractivity contribution in [2.45, 2.75) is 12.6 Å². The van der Waals surface area contributed by atoms with Crippen molar-refractivity contribution in [3.05, 3.63) is 60.4 Å². The Morgan fingerprint density at radius 1 is 1.04 bits per heavy atom. The quantitative estimate of drug-likeness (QED) is 0.522. The summed E-state index contributed by atoms with van der Waals surface area (Å²) in [5.74, 6) is -0.0140. The molecule has 1 aliphatic rings. The molecule has 3 aromatic heterocycles. The molecule has 27 heavy (non-hydrogen) atoms. The van der Waals surface area contributed by atoms with E-state index in [0.717, 1.165) is 11.2 Å². The summed E-state index contributed by atoms with van der Waals surface area (Å²) in [7, 11) is 0. The summed E-state index contributed by atoms with van der Waals surface area (Å²) in [6.45, 7) is 1.67. The summed E-state index contributed by atoms with van der Waals surface area (Å²) in [4.78, 5) is 24.5. The number of benzene rings is 1. The van der Waals surface area contributed by atoms with Crippen molar-refractivity contribution < 1.29 is 4.79 Å². The van der Waals surface area contributed by atoms with Crippen LogP contribution in [0.2, 0.25) is 0 Å². The molecular weight excluding hydrogens is 346 g/mol. The first-order valence-corrected chi connectivity index (χ1v) is 8.51. The Morgan fingerprint density at radius 2 is 1.81 bits per heavy atom. The second-order valence-electron chi connectivity index (χ2n) is 6.37. The summed E-state index contributed by atoms with van der Waals surface area (Å²) < 4.78 is 1.80. The van der Waals surface area contributed by atoms with Crippen molar-refractivity contribution in [3.63, 3.8) is 0 Å². The molecule has 1 saturated heterocycles. The number of nitrogens with zero attached hydrogens (tertiary/aromatic N) is 9. The summed E-state index contributed by atoms with van der Waals surface area (Å²) >= 11 is 0. The largest absolute Gasteiger partial charge is 0.334 e. The molecule has 0 spiro atoms. The van der Waals surface area contributed by atoms with E-state index in [4.69, 9.17) is 0 Å². The first-order valence-electron chi connectivity index (χ1n) is 8.51. The molecule has 0 aliphatic carbocycles. The first kappa shape index (κ1) is 15.6. The van der Waals surface area contributed by atoms with E-state index in [1.807, 2.05) is 12.3 Å². The lowest BCUT2D eigenvalue weighted by Gasteiger charge is -2.38. The minimum absolute atomic E-state index is 0.0140. The molecule has 10 nitrogen and oxygen atoms in total. The third-order valence-corrected chi connectivity index (χ3v) is 4.57. The number of fused-ring (bicyclic) bond motifs is 1. The molecule has 1 aliphatic heterocycles. The van der Waals surface area contributed by atoms with Gasteiger partial charge in [0.1, 0.15) is 12.2 Å². The molecule has 0 saturated carbocycles. The van der Waals surface area contributed by atoms with Crippen molar-refractivity contribution in [2.24, 2.45) is 0 Å². The number of hydrogen-bond acceptors (Lipinski definition) is 7. The molecule has 0 radical (unpaired) electrons. The van der Waals surface area contributed by atoms with E-state index in [9.17, 15) is 4.79 Å². The van der Waals surface area contributed by atoms with Gasteiger partial charge in [-0.25, -0.2) is 4.68 Å². The molecule has 0 atom stereocenters. The molecule has 1 amide bonds. The molecule has 0 bridgehead atoms. The maximum absolute atomic E-state index is 12.7. The topological polar surface area (TPSA) is 108 Å². The van der Waals surface area contributed by atoms with Gasteiger partial charge in [-0.2, -0.15) is 15.0 Å². The maximum Gasteiger partial charge on any atom is 0.254 e. The highest BCUT2D eigenvalue weighted by Gasteiger charge is 2.33. The van der Waals surface area contributed by atoms with Crippen LogP contribution in [-0.4, -0.2) is 63.9 Å². The Hall–Kier alpha value is -3.69. The molecule has 5 rings (SSSR count). The number of likely N-dealkylation sites (tertiary alicyclic amines) is 1. The first-order chi connectivity index (χ1) is 13.3. The second-order valence-corrected chi connectivity index (χ2v) is 6.37. The van der Waals surface area contributed by atoms with E-state index >= 15 is 0 Å². The fraction of sp³-hybridized carbons (Fsp3) is 0.235.